The van der Waals surface area contributed by atoms with E-state index < -0.39 is 0 Å². The highest BCUT2D eigenvalue weighted by Crippen LogP contribution is 2.21. The molecule has 0 unspecified atom stereocenters. The first kappa shape index (κ1) is 9.23. The molecule has 0 aromatic carbocycles. The van der Waals surface area contributed by atoms with Crippen LogP contribution in [0.2, 0.25) is 0 Å². The molecule has 0 saturated carbocycles. The average molecular weight is 169 g/mol. The Hall–Kier alpha value is -0.860. The predicted molar refractivity (Wildman–Crippen MR) is 45.6 cm³/mol. The van der Waals surface area contributed by atoms with E-state index in [1.54, 1.807) is 0 Å². The molecule has 0 aromatic heterocycles. The number of rotatable bonds is 1. The lowest BCUT2D eigenvalue weighted by Crippen LogP contribution is -2.40. The molecule has 0 spiro atoms. The topological polar surface area (TPSA) is 46.2 Å². The summed E-state index contributed by atoms with van der Waals surface area (Å²) in [6.07, 6.45) is 1.15. The Morgan fingerprint density at radius 2 is 2.08 bits per heavy atom. The molecule has 0 bridgehead atoms. The Morgan fingerprint density at radius 3 is 2.42 bits per heavy atom. The van der Waals surface area contributed by atoms with Gasteiger partial charge >= 0.3 is 0 Å². The summed E-state index contributed by atoms with van der Waals surface area (Å²) in [7, 11) is 0. The van der Waals surface area contributed by atoms with Crippen molar-refractivity contribution in [1.29, 1.82) is 0 Å². The van der Waals surface area contributed by atoms with Crippen LogP contribution < -0.4 is 5.32 Å². The van der Waals surface area contributed by atoms with Crippen LogP contribution in [0.25, 0.3) is 0 Å². The fraction of sp³-hybridized carbons (Fsp3) is 0.778. The minimum absolute atomic E-state index is 0.00222. The summed E-state index contributed by atoms with van der Waals surface area (Å²) in [5, 5.41) is 2.67. The molecule has 1 atom stereocenters. The zero-order chi connectivity index (χ0) is 9.35. The van der Waals surface area contributed by atoms with E-state index in [0.29, 0.717) is 12.8 Å². The number of carbonyl (C=O) groups excluding carboxylic acids is 2. The standard InChI is InChI=1S/C9H15NO2/c1-9(2,3)8(12)6-4-5-7(11)10-6/h6H,4-5H2,1-3H3,(H,10,11)/t6-/m1/s1. The summed E-state index contributed by atoms with van der Waals surface area (Å²) in [6, 6.07) is -0.238. The molecule has 1 fully saturated rings. The summed E-state index contributed by atoms with van der Waals surface area (Å²) in [5.74, 6) is 0.131. The second-order valence-electron chi connectivity index (χ2n) is 4.27. The van der Waals surface area contributed by atoms with E-state index in [-0.39, 0.29) is 23.1 Å². The normalized spacial score (nSPS) is 23.9. The molecule has 0 aliphatic carbocycles. The van der Waals surface area contributed by atoms with Crippen LogP contribution in [0.3, 0.4) is 0 Å². The van der Waals surface area contributed by atoms with Gasteiger partial charge in [0.15, 0.2) is 5.78 Å². The first-order valence-electron chi connectivity index (χ1n) is 4.25. The van der Waals surface area contributed by atoms with Gasteiger partial charge in [-0.1, -0.05) is 20.8 Å². The number of hydrogen-bond acceptors (Lipinski definition) is 2. The molecule has 1 heterocycles. The van der Waals surface area contributed by atoms with Gasteiger partial charge in [0.2, 0.25) is 5.91 Å². The number of carbonyl (C=O) groups is 2. The van der Waals surface area contributed by atoms with E-state index in [1.165, 1.54) is 0 Å². The molecule has 0 radical (unpaired) electrons. The summed E-state index contributed by atoms with van der Waals surface area (Å²) in [4.78, 5) is 22.4. The second-order valence-corrected chi connectivity index (χ2v) is 4.27. The maximum atomic E-state index is 11.6. The van der Waals surface area contributed by atoms with Crippen molar-refractivity contribution in [2.75, 3.05) is 0 Å². The van der Waals surface area contributed by atoms with Crippen molar-refractivity contribution in [2.45, 2.75) is 39.7 Å². The van der Waals surface area contributed by atoms with Crippen LogP contribution in [0.4, 0.5) is 0 Å². The summed E-state index contributed by atoms with van der Waals surface area (Å²) >= 11 is 0. The van der Waals surface area contributed by atoms with Crippen LogP contribution in [0, 0.1) is 5.41 Å². The van der Waals surface area contributed by atoms with E-state index in [4.69, 9.17) is 0 Å². The highest BCUT2D eigenvalue weighted by molar-refractivity contribution is 5.94. The van der Waals surface area contributed by atoms with E-state index in [0.717, 1.165) is 0 Å². The van der Waals surface area contributed by atoms with E-state index in [2.05, 4.69) is 5.32 Å². The zero-order valence-electron chi connectivity index (χ0n) is 7.81. The lowest BCUT2D eigenvalue weighted by molar-refractivity contribution is -0.129. The van der Waals surface area contributed by atoms with Gasteiger partial charge in [-0.05, 0) is 6.42 Å². The lowest BCUT2D eigenvalue weighted by Gasteiger charge is -2.20. The maximum Gasteiger partial charge on any atom is 0.220 e. The molecule has 1 rings (SSSR count). The minimum Gasteiger partial charge on any atom is -0.346 e. The second kappa shape index (κ2) is 2.88. The van der Waals surface area contributed by atoms with Crippen molar-refractivity contribution in [3.8, 4) is 0 Å². The van der Waals surface area contributed by atoms with Gasteiger partial charge in [0.25, 0.3) is 0 Å². The van der Waals surface area contributed by atoms with Gasteiger partial charge < -0.3 is 5.32 Å². The highest BCUT2D eigenvalue weighted by Gasteiger charge is 2.33. The number of ketones is 1. The van der Waals surface area contributed by atoms with Gasteiger partial charge in [0, 0.05) is 11.8 Å². The molecule has 0 aromatic rings. The van der Waals surface area contributed by atoms with Gasteiger partial charge in [-0.25, -0.2) is 0 Å². The maximum absolute atomic E-state index is 11.6. The van der Waals surface area contributed by atoms with Crippen LogP contribution >= 0.6 is 0 Å². The monoisotopic (exact) mass is 169 g/mol. The van der Waals surface area contributed by atoms with Gasteiger partial charge in [-0.2, -0.15) is 0 Å². The van der Waals surface area contributed by atoms with Crippen molar-refractivity contribution in [3.63, 3.8) is 0 Å². The molecular weight excluding hydrogens is 154 g/mol. The fourth-order valence-corrected chi connectivity index (χ4v) is 1.33. The molecule has 3 nitrogen and oxygen atoms in total. The van der Waals surface area contributed by atoms with E-state index >= 15 is 0 Å². The molecule has 12 heavy (non-hydrogen) atoms. The van der Waals surface area contributed by atoms with Crippen molar-refractivity contribution in [3.05, 3.63) is 0 Å². The van der Waals surface area contributed by atoms with Gasteiger partial charge in [0.05, 0.1) is 6.04 Å². The minimum atomic E-state index is -0.345. The van der Waals surface area contributed by atoms with Crippen LogP contribution in [0.5, 0.6) is 0 Å². The Labute approximate surface area is 72.5 Å². The van der Waals surface area contributed by atoms with Crippen LogP contribution in [0.1, 0.15) is 33.6 Å². The summed E-state index contributed by atoms with van der Waals surface area (Å²) in [5.41, 5.74) is -0.345. The first-order valence-corrected chi connectivity index (χ1v) is 4.25. The van der Waals surface area contributed by atoms with Crippen LogP contribution in [-0.4, -0.2) is 17.7 Å². The Balaban J connectivity index is 2.61. The Morgan fingerprint density at radius 1 is 1.50 bits per heavy atom. The van der Waals surface area contributed by atoms with Crippen molar-refractivity contribution < 1.29 is 9.59 Å². The molecule has 1 N–H and O–H groups in total. The quantitative estimate of drug-likeness (QED) is 0.633. The fourth-order valence-electron chi connectivity index (χ4n) is 1.33. The third-order valence-corrected chi connectivity index (χ3v) is 2.05. The van der Waals surface area contributed by atoms with E-state index in [9.17, 15) is 9.59 Å². The molecular formula is C9H15NO2. The van der Waals surface area contributed by atoms with Gasteiger partial charge in [0.1, 0.15) is 0 Å². The van der Waals surface area contributed by atoms with Gasteiger partial charge in [-0.3, -0.25) is 9.59 Å². The van der Waals surface area contributed by atoms with Crippen molar-refractivity contribution in [2.24, 2.45) is 5.41 Å². The largest absolute Gasteiger partial charge is 0.346 e. The summed E-state index contributed by atoms with van der Waals surface area (Å²) in [6.45, 7) is 5.62. The Kier molecular flexibility index (Phi) is 2.22. The number of hydrogen-bond donors (Lipinski definition) is 1. The average Bonchev–Trinajstić information content (AvgIpc) is 2.32. The molecule has 1 saturated heterocycles. The van der Waals surface area contributed by atoms with Gasteiger partial charge in [-0.15, -0.1) is 0 Å². The number of Topliss-reactive ketones (excluding diaryl/α,β-unsaturated/α-hetero) is 1. The molecule has 68 valence electrons. The zero-order valence-corrected chi connectivity index (χ0v) is 7.81. The SMILES string of the molecule is CC(C)(C)C(=O)[C@H]1CCC(=O)N1. The van der Waals surface area contributed by atoms with Crippen molar-refractivity contribution >= 4 is 11.7 Å². The first-order chi connectivity index (χ1) is 5.41. The summed E-state index contributed by atoms with van der Waals surface area (Å²) < 4.78 is 0. The number of nitrogens with one attached hydrogen (secondary N) is 1. The third-order valence-electron chi connectivity index (χ3n) is 2.05. The van der Waals surface area contributed by atoms with Crippen LogP contribution in [0.15, 0.2) is 0 Å². The predicted octanol–water partition coefficient (Wildman–Crippen LogP) is 0.880. The number of amides is 1. The smallest absolute Gasteiger partial charge is 0.220 e. The Bertz CT molecular complexity index is 215. The van der Waals surface area contributed by atoms with Crippen LogP contribution in [-0.2, 0) is 9.59 Å². The lowest BCUT2D eigenvalue weighted by atomic mass is 9.86. The van der Waals surface area contributed by atoms with E-state index in [1.807, 2.05) is 20.8 Å². The molecule has 3 heteroatoms. The third kappa shape index (κ3) is 1.84. The molecule has 1 amide bonds. The highest BCUT2D eigenvalue weighted by atomic mass is 16.2. The molecule has 1 aliphatic heterocycles. The molecule has 1 aliphatic rings. The van der Waals surface area contributed by atoms with Crippen molar-refractivity contribution in [1.82, 2.24) is 5.32 Å².